The SMILES string of the molecule is Cc1ncsc1-c1ccc(CNC(=O)[C@@H]2C[C@@H](O)CN2C(=O)C(F)Cc2ccccc2)cc1. The molecule has 1 unspecified atom stereocenters. The van der Waals surface area contributed by atoms with Crippen molar-refractivity contribution in [2.75, 3.05) is 6.54 Å². The number of carbonyl (C=O) groups is 2. The molecule has 2 amide bonds. The summed E-state index contributed by atoms with van der Waals surface area (Å²) in [5, 5.41) is 12.9. The maximum atomic E-state index is 14.7. The smallest absolute Gasteiger partial charge is 0.258 e. The van der Waals surface area contributed by atoms with Gasteiger partial charge in [-0.05, 0) is 23.6 Å². The highest BCUT2D eigenvalue weighted by Crippen LogP contribution is 2.27. The zero-order chi connectivity index (χ0) is 23.4. The third-order valence-corrected chi connectivity index (χ3v) is 6.80. The normalized spacial score (nSPS) is 18.8. The van der Waals surface area contributed by atoms with E-state index in [1.165, 1.54) is 4.90 Å². The van der Waals surface area contributed by atoms with Crippen molar-refractivity contribution in [2.24, 2.45) is 0 Å². The van der Waals surface area contributed by atoms with Gasteiger partial charge in [0, 0.05) is 25.9 Å². The average molecular weight is 468 g/mol. The first-order valence-electron chi connectivity index (χ1n) is 10.9. The fourth-order valence-corrected chi connectivity index (χ4v) is 4.87. The first-order valence-corrected chi connectivity index (χ1v) is 11.7. The number of amides is 2. The molecule has 0 bridgehead atoms. The number of benzene rings is 2. The lowest BCUT2D eigenvalue weighted by Gasteiger charge is -2.25. The Hall–Kier alpha value is -3.10. The monoisotopic (exact) mass is 467 g/mol. The molecule has 2 heterocycles. The lowest BCUT2D eigenvalue weighted by atomic mass is 10.1. The van der Waals surface area contributed by atoms with Gasteiger partial charge in [0.1, 0.15) is 6.04 Å². The van der Waals surface area contributed by atoms with Crippen LogP contribution in [0.15, 0.2) is 60.1 Å². The molecule has 1 saturated heterocycles. The molecule has 4 rings (SSSR count). The van der Waals surface area contributed by atoms with Crippen molar-refractivity contribution in [3.63, 3.8) is 0 Å². The molecule has 3 atom stereocenters. The fourth-order valence-electron chi connectivity index (χ4n) is 4.05. The first kappa shape index (κ1) is 23.1. The molecule has 3 aromatic rings. The molecule has 172 valence electrons. The number of aliphatic hydroxyl groups excluding tert-OH is 1. The van der Waals surface area contributed by atoms with Crippen LogP contribution in [0.4, 0.5) is 4.39 Å². The summed E-state index contributed by atoms with van der Waals surface area (Å²) in [6.45, 7) is 2.19. The van der Waals surface area contributed by atoms with E-state index in [9.17, 15) is 19.1 Å². The third-order valence-electron chi connectivity index (χ3n) is 5.82. The number of β-amino-alcohol motifs (C(OH)–C–C–N with tert-alkyl or cyclic N) is 1. The van der Waals surface area contributed by atoms with Gasteiger partial charge in [-0.3, -0.25) is 9.59 Å². The van der Waals surface area contributed by atoms with Crippen LogP contribution in [-0.4, -0.2) is 51.7 Å². The highest BCUT2D eigenvalue weighted by Gasteiger charge is 2.41. The lowest BCUT2D eigenvalue weighted by Crippen LogP contribution is -2.48. The van der Waals surface area contributed by atoms with Crippen LogP contribution in [0.1, 0.15) is 23.2 Å². The van der Waals surface area contributed by atoms with Crippen molar-refractivity contribution in [3.05, 3.63) is 76.9 Å². The van der Waals surface area contributed by atoms with Gasteiger partial charge < -0.3 is 15.3 Å². The summed E-state index contributed by atoms with van der Waals surface area (Å²) in [5.74, 6) is -1.16. The van der Waals surface area contributed by atoms with Crippen LogP contribution in [0.2, 0.25) is 0 Å². The number of hydrogen-bond acceptors (Lipinski definition) is 5. The number of nitrogens with one attached hydrogen (secondary N) is 1. The highest BCUT2D eigenvalue weighted by molar-refractivity contribution is 7.13. The molecular weight excluding hydrogens is 441 g/mol. The van der Waals surface area contributed by atoms with Crippen molar-refractivity contribution >= 4 is 23.2 Å². The van der Waals surface area contributed by atoms with Crippen molar-refractivity contribution in [2.45, 2.75) is 44.6 Å². The van der Waals surface area contributed by atoms with Crippen molar-refractivity contribution in [3.8, 4) is 10.4 Å². The summed E-state index contributed by atoms with van der Waals surface area (Å²) in [4.78, 5) is 32.1. The molecule has 1 fully saturated rings. The number of halogens is 1. The van der Waals surface area contributed by atoms with Crippen molar-refractivity contribution in [1.82, 2.24) is 15.2 Å². The molecule has 8 heteroatoms. The maximum Gasteiger partial charge on any atom is 0.258 e. The van der Waals surface area contributed by atoms with Crippen LogP contribution in [0.5, 0.6) is 0 Å². The number of hydrogen-bond donors (Lipinski definition) is 2. The van der Waals surface area contributed by atoms with E-state index in [-0.39, 0.29) is 25.9 Å². The van der Waals surface area contributed by atoms with Gasteiger partial charge in [0.15, 0.2) is 6.17 Å². The van der Waals surface area contributed by atoms with Crippen LogP contribution in [0.25, 0.3) is 10.4 Å². The molecule has 0 aliphatic carbocycles. The largest absolute Gasteiger partial charge is 0.391 e. The van der Waals surface area contributed by atoms with Gasteiger partial charge >= 0.3 is 0 Å². The van der Waals surface area contributed by atoms with Gasteiger partial charge in [-0.15, -0.1) is 11.3 Å². The number of aryl methyl sites for hydroxylation is 1. The van der Waals surface area contributed by atoms with Gasteiger partial charge in [0.2, 0.25) is 5.91 Å². The van der Waals surface area contributed by atoms with Crippen LogP contribution < -0.4 is 5.32 Å². The quantitative estimate of drug-likeness (QED) is 0.559. The van der Waals surface area contributed by atoms with E-state index in [0.29, 0.717) is 5.56 Å². The summed E-state index contributed by atoms with van der Waals surface area (Å²) in [7, 11) is 0. The predicted molar refractivity (Wildman–Crippen MR) is 125 cm³/mol. The molecular formula is C25H26FN3O3S. The lowest BCUT2D eigenvalue weighted by molar-refractivity contribution is -0.142. The van der Waals surface area contributed by atoms with Gasteiger partial charge in [-0.25, -0.2) is 9.37 Å². The minimum absolute atomic E-state index is 0.0466. The fraction of sp³-hybridized carbons (Fsp3) is 0.320. The Labute approximate surface area is 196 Å². The molecule has 0 spiro atoms. The minimum atomic E-state index is -1.77. The van der Waals surface area contributed by atoms with E-state index in [1.807, 2.05) is 42.8 Å². The van der Waals surface area contributed by atoms with Crippen LogP contribution in [0, 0.1) is 6.92 Å². The molecule has 1 aliphatic heterocycles. The highest BCUT2D eigenvalue weighted by atomic mass is 32.1. The number of aliphatic hydroxyl groups is 1. The van der Waals surface area contributed by atoms with E-state index in [4.69, 9.17) is 0 Å². The number of thiazole rings is 1. The summed E-state index contributed by atoms with van der Waals surface area (Å²) >= 11 is 1.58. The molecule has 0 radical (unpaired) electrons. The van der Waals surface area contributed by atoms with Gasteiger partial charge in [0.25, 0.3) is 5.91 Å². The summed E-state index contributed by atoms with van der Waals surface area (Å²) in [6, 6.07) is 15.8. The molecule has 6 nitrogen and oxygen atoms in total. The summed E-state index contributed by atoms with van der Waals surface area (Å²) in [6.07, 6.45) is -2.59. The van der Waals surface area contributed by atoms with Gasteiger partial charge in [-0.2, -0.15) is 0 Å². The van der Waals surface area contributed by atoms with E-state index in [2.05, 4.69) is 10.3 Å². The van der Waals surface area contributed by atoms with Crippen LogP contribution in [0.3, 0.4) is 0 Å². The Balaban J connectivity index is 1.36. The van der Waals surface area contributed by atoms with E-state index in [1.54, 1.807) is 35.6 Å². The standard InChI is InChI=1S/C25H26FN3O3S/c1-16-23(33-15-28-16)19-9-7-18(8-10-19)13-27-24(31)22-12-20(30)14-29(22)25(32)21(26)11-17-5-3-2-4-6-17/h2-10,15,20-22,30H,11-14H2,1H3,(H,27,31)/t20-,21?,22+/m1/s1. The van der Waals surface area contributed by atoms with E-state index >= 15 is 0 Å². The minimum Gasteiger partial charge on any atom is -0.391 e. The second-order valence-corrected chi connectivity index (χ2v) is 9.09. The molecule has 33 heavy (non-hydrogen) atoms. The van der Waals surface area contributed by atoms with Gasteiger partial charge in [-0.1, -0.05) is 54.6 Å². The van der Waals surface area contributed by atoms with Gasteiger partial charge in [0.05, 0.1) is 22.2 Å². The third kappa shape index (κ3) is 5.46. The summed E-state index contributed by atoms with van der Waals surface area (Å²) < 4.78 is 14.7. The van der Waals surface area contributed by atoms with Crippen LogP contribution in [-0.2, 0) is 22.6 Å². The number of likely N-dealkylation sites (tertiary alicyclic amines) is 1. The Morgan fingerprint density at radius 1 is 1.18 bits per heavy atom. The summed E-state index contributed by atoms with van der Waals surface area (Å²) in [5.41, 5.74) is 5.45. The number of carbonyl (C=O) groups excluding carboxylic acids is 2. The van der Waals surface area contributed by atoms with Crippen LogP contribution >= 0.6 is 11.3 Å². The first-order chi connectivity index (χ1) is 15.9. The number of nitrogens with zero attached hydrogens (tertiary/aromatic N) is 2. The second-order valence-electron chi connectivity index (χ2n) is 8.23. The Morgan fingerprint density at radius 3 is 2.58 bits per heavy atom. The average Bonchev–Trinajstić information content (AvgIpc) is 3.43. The zero-order valence-electron chi connectivity index (χ0n) is 18.3. The second kappa shape index (κ2) is 10.2. The van der Waals surface area contributed by atoms with E-state index < -0.39 is 30.1 Å². The number of rotatable bonds is 7. The zero-order valence-corrected chi connectivity index (χ0v) is 19.1. The number of aromatic nitrogens is 1. The predicted octanol–water partition coefficient (Wildman–Crippen LogP) is 3.28. The molecule has 2 N–H and O–H groups in total. The number of alkyl halides is 1. The van der Waals surface area contributed by atoms with E-state index in [0.717, 1.165) is 21.7 Å². The Kier molecular flexibility index (Phi) is 7.15. The molecule has 1 aromatic heterocycles. The van der Waals surface area contributed by atoms with Crippen molar-refractivity contribution in [1.29, 1.82) is 0 Å². The Morgan fingerprint density at radius 2 is 1.91 bits per heavy atom. The van der Waals surface area contributed by atoms with Crippen molar-refractivity contribution < 1.29 is 19.1 Å². The topological polar surface area (TPSA) is 82.5 Å². The Bertz CT molecular complexity index is 1100. The maximum absolute atomic E-state index is 14.7. The molecule has 2 aromatic carbocycles. The molecule has 1 aliphatic rings. The molecule has 0 saturated carbocycles.